The molecule has 0 spiro atoms. The highest BCUT2D eigenvalue weighted by molar-refractivity contribution is 5.95. The molecule has 2 atom stereocenters. The Morgan fingerprint density at radius 1 is 1.35 bits per heavy atom. The standard InChI is InChI=1S/C14H23N3O3/c1-8(13(19)20)9(2)16-12(18)11-7-15-17(10(11)3)14(4,5)6/h7-9H,1-6H3,(H,16,18)(H,19,20). The van der Waals surface area contributed by atoms with Crippen molar-refractivity contribution in [3.05, 3.63) is 17.5 Å². The van der Waals surface area contributed by atoms with E-state index in [0.29, 0.717) is 5.56 Å². The summed E-state index contributed by atoms with van der Waals surface area (Å²) in [7, 11) is 0. The fourth-order valence-corrected chi connectivity index (χ4v) is 1.93. The van der Waals surface area contributed by atoms with Crippen LogP contribution in [0, 0.1) is 12.8 Å². The highest BCUT2D eigenvalue weighted by Gasteiger charge is 2.25. The summed E-state index contributed by atoms with van der Waals surface area (Å²) in [6.45, 7) is 11.1. The molecule has 1 heterocycles. The summed E-state index contributed by atoms with van der Waals surface area (Å²) in [5.74, 6) is -1.87. The van der Waals surface area contributed by atoms with Gasteiger partial charge in [-0.1, -0.05) is 0 Å². The van der Waals surface area contributed by atoms with Crippen LogP contribution in [0.2, 0.25) is 0 Å². The Morgan fingerprint density at radius 3 is 2.30 bits per heavy atom. The van der Waals surface area contributed by atoms with Crippen LogP contribution in [0.5, 0.6) is 0 Å². The third kappa shape index (κ3) is 3.37. The molecule has 2 unspecified atom stereocenters. The van der Waals surface area contributed by atoms with E-state index in [1.807, 2.05) is 27.7 Å². The summed E-state index contributed by atoms with van der Waals surface area (Å²) in [6.07, 6.45) is 1.52. The van der Waals surface area contributed by atoms with Gasteiger partial charge in [-0.2, -0.15) is 5.10 Å². The number of aromatic nitrogens is 2. The fraction of sp³-hybridized carbons (Fsp3) is 0.643. The quantitative estimate of drug-likeness (QED) is 0.881. The average molecular weight is 281 g/mol. The molecule has 6 heteroatoms. The number of nitrogens with one attached hydrogen (secondary N) is 1. The highest BCUT2D eigenvalue weighted by Crippen LogP contribution is 2.18. The van der Waals surface area contributed by atoms with Gasteiger partial charge in [-0.15, -0.1) is 0 Å². The molecule has 0 saturated heterocycles. The van der Waals surface area contributed by atoms with Crippen LogP contribution < -0.4 is 5.32 Å². The van der Waals surface area contributed by atoms with Crippen LogP contribution in [0.15, 0.2) is 6.20 Å². The van der Waals surface area contributed by atoms with E-state index in [-0.39, 0.29) is 11.4 Å². The van der Waals surface area contributed by atoms with Gasteiger partial charge in [0, 0.05) is 11.7 Å². The predicted octanol–water partition coefficient (Wildman–Crippen LogP) is 1.79. The lowest BCUT2D eigenvalue weighted by molar-refractivity contribution is -0.141. The summed E-state index contributed by atoms with van der Waals surface area (Å²) in [6, 6.07) is -0.447. The van der Waals surface area contributed by atoms with Crippen molar-refractivity contribution in [1.82, 2.24) is 15.1 Å². The minimum absolute atomic E-state index is 0.206. The van der Waals surface area contributed by atoms with Crippen LogP contribution in [0.1, 0.15) is 50.7 Å². The Balaban J connectivity index is 2.90. The normalized spacial score (nSPS) is 14.7. The fourth-order valence-electron chi connectivity index (χ4n) is 1.93. The van der Waals surface area contributed by atoms with Crippen molar-refractivity contribution in [2.24, 2.45) is 5.92 Å². The third-order valence-electron chi connectivity index (χ3n) is 3.39. The van der Waals surface area contributed by atoms with E-state index in [0.717, 1.165) is 5.69 Å². The largest absolute Gasteiger partial charge is 0.481 e. The van der Waals surface area contributed by atoms with Crippen LogP contribution in [0.4, 0.5) is 0 Å². The summed E-state index contributed by atoms with van der Waals surface area (Å²) in [5, 5.41) is 15.9. The van der Waals surface area contributed by atoms with E-state index in [1.54, 1.807) is 18.5 Å². The Morgan fingerprint density at radius 2 is 1.90 bits per heavy atom. The number of carbonyl (C=O) groups is 2. The van der Waals surface area contributed by atoms with Gasteiger partial charge in [0.05, 0.1) is 23.2 Å². The number of carboxylic acid groups (broad SMARTS) is 1. The summed E-state index contributed by atoms with van der Waals surface area (Å²) >= 11 is 0. The average Bonchev–Trinajstić information content (AvgIpc) is 2.69. The van der Waals surface area contributed by atoms with Crippen LogP contribution in [-0.2, 0) is 10.3 Å². The van der Waals surface area contributed by atoms with E-state index in [9.17, 15) is 9.59 Å². The lowest BCUT2D eigenvalue weighted by Gasteiger charge is -2.22. The molecule has 0 fully saturated rings. The first-order valence-electron chi connectivity index (χ1n) is 6.64. The molecular formula is C14H23N3O3. The zero-order valence-corrected chi connectivity index (χ0v) is 12.9. The van der Waals surface area contributed by atoms with Gasteiger partial charge >= 0.3 is 5.97 Å². The number of amides is 1. The van der Waals surface area contributed by atoms with E-state index in [4.69, 9.17) is 5.11 Å². The molecule has 0 aliphatic carbocycles. The van der Waals surface area contributed by atoms with Crippen LogP contribution in [0.3, 0.4) is 0 Å². The highest BCUT2D eigenvalue weighted by atomic mass is 16.4. The number of hydrogen-bond acceptors (Lipinski definition) is 3. The van der Waals surface area contributed by atoms with Gasteiger partial charge in [0.25, 0.3) is 5.91 Å². The van der Waals surface area contributed by atoms with E-state index in [2.05, 4.69) is 10.4 Å². The molecule has 0 aliphatic heterocycles. The van der Waals surface area contributed by atoms with Crippen molar-refractivity contribution >= 4 is 11.9 Å². The molecule has 0 bridgehead atoms. The number of carbonyl (C=O) groups excluding carboxylic acids is 1. The second kappa shape index (κ2) is 5.64. The molecule has 1 aromatic heterocycles. The number of rotatable bonds is 4. The first-order chi connectivity index (χ1) is 9.05. The maximum Gasteiger partial charge on any atom is 0.308 e. The van der Waals surface area contributed by atoms with Gasteiger partial charge in [-0.25, -0.2) is 0 Å². The van der Waals surface area contributed by atoms with E-state index in [1.165, 1.54) is 6.20 Å². The maximum absolute atomic E-state index is 12.2. The van der Waals surface area contributed by atoms with Gasteiger partial charge in [0.2, 0.25) is 0 Å². The van der Waals surface area contributed by atoms with Crippen molar-refractivity contribution in [2.45, 2.75) is 53.1 Å². The zero-order chi connectivity index (χ0) is 15.7. The molecule has 112 valence electrons. The summed E-state index contributed by atoms with van der Waals surface area (Å²) < 4.78 is 1.78. The predicted molar refractivity (Wildman–Crippen MR) is 75.7 cm³/mol. The maximum atomic E-state index is 12.2. The molecule has 0 radical (unpaired) electrons. The van der Waals surface area contributed by atoms with Gasteiger partial charge in [0.1, 0.15) is 0 Å². The number of carboxylic acids is 1. The van der Waals surface area contributed by atoms with Gasteiger partial charge in [-0.05, 0) is 41.5 Å². The smallest absolute Gasteiger partial charge is 0.308 e. The Kier molecular flexibility index (Phi) is 4.57. The lowest BCUT2D eigenvalue weighted by Crippen LogP contribution is -2.40. The minimum atomic E-state index is -0.931. The van der Waals surface area contributed by atoms with Crippen molar-refractivity contribution in [1.29, 1.82) is 0 Å². The van der Waals surface area contributed by atoms with E-state index >= 15 is 0 Å². The molecule has 6 nitrogen and oxygen atoms in total. The topological polar surface area (TPSA) is 84.2 Å². The van der Waals surface area contributed by atoms with Crippen LogP contribution in [-0.4, -0.2) is 32.8 Å². The Labute approximate surface area is 119 Å². The second-order valence-corrected chi connectivity index (χ2v) is 6.12. The van der Waals surface area contributed by atoms with Crippen molar-refractivity contribution in [2.75, 3.05) is 0 Å². The number of hydrogen-bond donors (Lipinski definition) is 2. The molecule has 1 aromatic rings. The first kappa shape index (κ1) is 16.2. The monoisotopic (exact) mass is 281 g/mol. The zero-order valence-electron chi connectivity index (χ0n) is 12.9. The third-order valence-corrected chi connectivity index (χ3v) is 3.39. The second-order valence-electron chi connectivity index (χ2n) is 6.12. The summed E-state index contributed by atoms with van der Waals surface area (Å²) in [5.41, 5.74) is 1.04. The van der Waals surface area contributed by atoms with Gasteiger partial charge in [-0.3, -0.25) is 14.3 Å². The number of nitrogens with zero attached hydrogens (tertiary/aromatic N) is 2. The van der Waals surface area contributed by atoms with Crippen molar-refractivity contribution < 1.29 is 14.7 Å². The van der Waals surface area contributed by atoms with Crippen molar-refractivity contribution in [3.8, 4) is 0 Å². The van der Waals surface area contributed by atoms with E-state index < -0.39 is 17.9 Å². The molecule has 2 N–H and O–H groups in total. The number of aliphatic carboxylic acids is 1. The lowest BCUT2D eigenvalue weighted by atomic mass is 10.0. The molecule has 20 heavy (non-hydrogen) atoms. The molecular weight excluding hydrogens is 258 g/mol. The molecule has 1 rings (SSSR count). The van der Waals surface area contributed by atoms with Gasteiger partial charge < -0.3 is 10.4 Å². The Bertz CT molecular complexity index is 514. The summed E-state index contributed by atoms with van der Waals surface area (Å²) in [4.78, 5) is 23.1. The van der Waals surface area contributed by atoms with Crippen LogP contribution in [0.25, 0.3) is 0 Å². The first-order valence-corrected chi connectivity index (χ1v) is 6.64. The SMILES string of the molecule is Cc1c(C(=O)NC(C)C(C)C(=O)O)cnn1C(C)(C)C. The molecule has 0 saturated carbocycles. The Hall–Kier alpha value is -1.85. The minimum Gasteiger partial charge on any atom is -0.481 e. The molecule has 1 amide bonds. The molecule has 0 aliphatic rings. The van der Waals surface area contributed by atoms with Crippen LogP contribution >= 0.6 is 0 Å². The van der Waals surface area contributed by atoms with Crippen molar-refractivity contribution in [3.63, 3.8) is 0 Å². The molecule has 0 aromatic carbocycles. The van der Waals surface area contributed by atoms with Gasteiger partial charge in [0.15, 0.2) is 0 Å².